The van der Waals surface area contributed by atoms with E-state index in [1.54, 1.807) is 33.1 Å². The Labute approximate surface area is 230 Å². The molecule has 1 unspecified atom stereocenters. The first-order valence-electron chi connectivity index (χ1n) is 13.8. The van der Waals surface area contributed by atoms with E-state index in [4.69, 9.17) is 9.47 Å². The number of carbonyl (C=O) groups excluding carboxylic acids is 1. The smallest absolute Gasteiger partial charge is 0.248 e. The Morgan fingerprint density at radius 3 is 2.18 bits per heavy atom. The molecule has 216 valence electrons. The van der Waals surface area contributed by atoms with E-state index in [0.29, 0.717) is 28.8 Å². The van der Waals surface area contributed by atoms with E-state index >= 15 is 0 Å². The number of piperazine rings is 1. The third-order valence-electron chi connectivity index (χ3n) is 8.60. The molecule has 1 saturated carbocycles. The summed E-state index contributed by atoms with van der Waals surface area (Å²) in [5.74, 6) is 1.07. The van der Waals surface area contributed by atoms with Crippen molar-refractivity contribution in [3.05, 3.63) is 23.3 Å². The fourth-order valence-electron chi connectivity index (χ4n) is 5.85. The van der Waals surface area contributed by atoms with Gasteiger partial charge in [0.25, 0.3) is 0 Å². The average molecular weight is 553 g/mol. The molecule has 0 spiro atoms. The summed E-state index contributed by atoms with van der Waals surface area (Å²) in [6.07, 6.45) is 4.68. The Hall–Kier alpha value is -1.72. The lowest BCUT2D eigenvalue weighted by atomic mass is 9.81. The molecule has 0 N–H and O–H groups in total. The van der Waals surface area contributed by atoms with E-state index in [9.17, 15) is 13.2 Å². The molecule has 2 fully saturated rings. The molecule has 0 aromatic heterocycles. The highest BCUT2D eigenvalue weighted by molar-refractivity contribution is 7.89. The summed E-state index contributed by atoms with van der Waals surface area (Å²) in [7, 11) is 3.46. The van der Waals surface area contributed by atoms with Crippen LogP contribution in [0.1, 0.15) is 43.7 Å². The summed E-state index contributed by atoms with van der Waals surface area (Å²) < 4.78 is 38.5. The van der Waals surface area contributed by atoms with E-state index in [0.717, 1.165) is 39.0 Å². The van der Waals surface area contributed by atoms with Crippen molar-refractivity contribution in [3.63, 3.8) is 0 Å². The highest BCUT2D eigenvalue weighted by Crippen LogP contribution is 2.32. The Kier molecular flexibility index (Phi) is 11.0. The maximum Gasteiger partial charge on any atom is 0.248 e. The molecule has 1 aliphatic carbocycles. The summed E-state index contributed by atoms with van der Waals surface area (Å²) in [5.41, 5.74) is 1.27. The van der Waals surface area contributed by atoms with Gasteiger partial charge < -0.3 is 19.3 Å². The van der Waals surface area contributed by atoms with Gasteiger partial charge in [0.05, 0.1) is 18.6 Å². The van der Waals surface area contributed by atoms with Crippen molar-refractivity contribution in [2.24, 2.45) is 5.92 Å². The zero-order chi connectivity index (χ0) is 28.0. The van der Waals surface area contributed by atoms with Gasteiger partial charge in [-0.15, -0.1) is 0 Å². The number of rotatable bonds is 11. The van der Waals surface area contributed by atoms with Crippen molar-refractivity contribution in [1.29, 1.82) is 0 Å². The standard InChI is InChI=1S/C28H48N4O5S/c1-21-18-26(36-7)19-22(2)28(21)38(34,35)30(5)16-17-37-20-27(33)31(6)23(3)24-8-10-25(11-9-24)32-14-12-29(4)13-15-32/h18-19,23-25H,8-17,20H2,1-7H3. The van der Waals surface area contributed by atoms with Crippen molar-refractivity contribution in [3.8, 4) is 5.75 Å². The Morgan fingerprint density at radius 2 is 1.63 bits per heavy atom. The zero-order valence-electron chi connectivity index (χ0n) is 24.4. The number of ether oxygens (including phenoxy) is 2. The molecule has 0 radical (unpaired) electrons. The van der Waals surface area contributed by atoms with Crippen LogP contribution in [0.5, 0.6) is 5.75 Å². The molecule has 1 aliphatic heterocycles. The van der Waals surface area contributed by atoms with Crippen molar-refractivity contribution in [2.75, 3.05) is 74.2 Å². The third kappa shape index (κ3) is 7.47. The quantitative estimate of drug-likeness (QED) is 0.390. The lowest BCUT2D eigenvalue weighted by molar-refractivity contribution is -0.138. The van der Waals surface area contributed by atoms with Crippen LogP contribution in [0.2, 0.25) is 0 Å². The highest BCUT2D eigenvalue weighted by Gasteiger charge is 2.32. The normalized spacial score (nSPS) is 22.4. The van der Waals surface area contributed by atoms with Gasteiger partial charge in [0.2, 0.25) is 15.9 Å². The van der Waals surface area contributed by atoms with Crippen LogP contribution >= 0.6 is 0 Å². The van der Waals surface area contributed by atoms with Gasteiger partial charge in [-0.1, -0.05) is 0 Å². The van der Waals surface area contributed by atoms with Crippen LogP contribution in [-0.2, 0) is 19.6 Å². The number of likely N-dealkylation sites (N-methyl/N-ethyl adjacent to an activating group) is 3. The number of hydrogen-bond acceptors (Lipinski definition) is 7. The molecule has 1 heterocycles. The second-order valence-electron chi connectivity index (χ2n) is 11.1. The van der Waals surface area contributed by atoms with Crippen LogP contribution in [0.15, 0.2) is 17.0 Å². The van der Waals surface area contributed by atoms with E-state index in [1.165, 1.54) is 24.2 Å². The van der Waals surface area contributed by atoms with Gasteiger partial charge in [0.1, 0.15) is 12.4 Å². The molecule has 10 heteroatoms. The summed E-state index contributed by atoms with van der Waals surface area (Å²) >= 11 is 0. The van der Waals surface area contributed by atoms with Crippen LogP contribution in [0.3, 0.4) is 0 Å². The van der Waals surface area contributed by atoms with E-state index in [1.807, 2.05) is 11.9 Å². The highest BCUT2D eigenvalue weighted by atomic mass is 32.2. The second kappa shape index (κ2) is 13.6. The van der Waals surface area contributed by atoms with Gasteiger partial charge in [-0.3, -0.25) is 9.69 Å². The summed E-state index contributed by atoms with van der Waals surface area (Å²) in [6.45, 7) is 10.5. The maximum absolute atomic E-state index is 13.2. The monoisotopic (exact) mass is 552 g/mol. The van der Waals surface area contributed by atoms with Gasteiger partial charge in [-0.2, -0.15) is 4.31 Å². The predicted molar refractivity (Wildman–Crippen MR) is 150 cm³/mol. The first-order chi connectivity index (χ1) is 17.9. The molecule has 0 bridgehead atoms. The molecule has 1 aromatic rings. The molecule has 9 nitrogen and oxygen atoms in total. The van der Waals surface area contributed by atoms with Crippen molar-refractivity contribution in [1.82, 2.24) is 19.0 Å². The lowest BCUT2D eigenvalue weighted by Crippen LogP contribution is -2.51. The maximum atomic E-state index is 13.2. The second-order valence-corrected chi connectivity index (χ2v) is 13.1. The van der Waals surface area contributed by atoms with Crippen molar-refractivity contribution in [2.45, 2.75) is 63.4 Å². The number of hydrogen-bond donors (Lipinski definition) is 0. The summed E-state index contributed by atoms with van der Waals surface area (Å²) in [4.78, 5) is 20.0. The topological polar surface area (TPSA) is 82.6 Å². The minimum atomic E-state index is -3.69. The van der Waals surface area contributed by atoms with Crippen LogP contribution < -0.4 is 4.74 Å². The number of sulfonamides is 1. The van der Waals surface area contributed by atoms with Crippen LogP contribution in [0.4, 0.5) is 0 Å². The van der Waals surface area contributed by atoms with Gasteiger partial charge in [0, 0.05) is 58.9 Å². The zero-order valence-corrected chi connectivity index (χ0v) is 25.2. The number of benzene rings is 1. The van der Waals surface area contributed by atoms with Crippen molar-refractivity contribution >= 4 is 15.9 Å². The Morgan fingerprint density at radius 1 is 1.05 bits per heavy atom. The molecule has 38 heavy (non-hydrogen) atoms. The van der Waals surface area contributed by atoms with Gasteiger partial charge in [-0.05, 0) is 82.7 Å². The molecule has 1 aromatic carbocycles. The minimum Gasteiger partial charge on any atom is -0.497 e. The fraction of sp³-hybridized carbons (Fsp3) is 0.750. The van der Waals surface area contributed by atoms with E-state index in [-0.39, 0.29) is 36.6 Å². The first kappa shape index (κ1) is 30.8. The molecular formula is C28H48N4O5S. The van der Waals surface area contributed by atoms with E-state index < -0.39 is 10.0 Å². The van der Waals surface area contributed by atoms with Gasteiger partial charge in [0.15, 0.2) is 0 Å². The van der Waals surface area contributed by atoms with Crippen LogP contribution in [0.25, 0.3) is 0 Å². The predicted octanol–water partition coefficient (Wildman–Crippen LogP) is 2.60. The largest absolute Gasteiger partial charge is 0.497 e. The molecule has 1 saturated heterocycles. The number of amides is 1. The van der Waals surface area contributed by atoms with E-state index in [2.05, 4.69) is 23.8 Å². The lowest BCUT2D eigenvalue weighted by Gasteiger charge is -2.43. The van der Waals surface area contributed by atoms with Gasteiger partial charge in [-0.25, -0.2) is 8.42 Å². The molecule has 1 atom stereocenters. The minimum absolute atomic E-state index is 0.0496. The molecule has 2 aliphatic rings. The number of nitrogens with zero attached hydrogens (tertiary/aromatic N) is 4. The molecule has 1 amide bonds. The van der Waals surface area contributed by atoms with Crippen LogP contribution in [0, 0.1) is 19.8 Å². The molecular weight excluding hydrogens is 504 g/mol. The number of aryl methyl sites for hydroxylation is 2. The van der Waals surface area contributed by atoms with Crippen molar-refractivity contribution < 1.29 is 22.7 Å². The molecule has 3 rings (SSSR count). The number of carbonyl (C=O) groups is 1. The first-order valence-corrected chi connectivity index (χ1v) is 15.3. The van der Waals surface area contributed by atoms with Gasteiger partial charge >= 0.3 is 0 Å². The SMILES string of the molecule is COc1cc(C)c(S(=O)(=O)N(C)CCOCC(=O)N(C)C(C)C2CCC(N3CCN(C)CC3)CC2)c(C)c1. The summed E-state index contributed by atoms with van der Waals surface area (Å²) in [6, 6.07) is 4.27. The third-order valence-corrected chi connectivity index (χ3v) is 10.8. The summed E-state index contributed by atoms with van der Waals surface area (Å²) in [5, 5.41) is 0. The average Bonchev–Trinajstić information content (AvgIpc) is 2.89. The number of methoxy groups -OCH3 is 1. The van der Waals surface area contributed by atoms with Crippen LogP contribution in [-0.4, -0.2) is 120 Å². The fourth-order valence-corrected chi connectivity index (χ4v) is 7.40. The Bertz CT molecular complexity index is 1010. The Balaban J connectivity index is 1.42.